The molecule has 2 unspecified atom stereocenters. The fourth-order valence-corrected chi connectivity index (χ4v) is 3.99. The van der Waals surface area contributed by atoms with Crippen molar-refractivity contribution in [3.63, 3.8) is 0 Å². The van der Waals surface area contributed by atoms with Crippen molar-refractivity contribution in [2.45, 2.75) is 46.1 Å². The topological polar surface area (TPSA) is 40.5 Å². The summed E-state index contributed by atoms with van der Waals surface area (Å²) in [6, 6.07) is 2.53. The van der Waals surface area contributed by atoms with Gasteiger partial charge >= 0.3 is 5.97 Å². The number of rotatable bonds is 5. The Kier molecular flexibility index (Phi) is 4.31. The van der Waals surface area contributed by atoms with Crippen LogP contribution in [0.4, 0.5) is 0 Å². The SMILES string of the molecule is CCCC(C)(CN1CCc2sccc2C1C)C(=O)O. The first-order valence-corrected chi connectivity index (χ1v) is 7.89. The van der Waals surface area contributed by atoms with E-state index in [-0.39, 0.29) is 0 Å². The third kappa shape index (κ3) is 2.84. The molecule has 2 heterocycles. The van der Waals surface area contributed by atoms with Crippen LogP contribution in [-0.2, 0) is 11.2 Å². The van der Waals surface area contributed by atoms with Crippen molar-refractivity contribution in [3.8, 4) is 0 Å². The molecule has 0 aromatic carbocycles. The predicted molar refractivity (Wildman–Crippen MR) is 78.7 cm³/mol. The quantitative estimate of drug-likeness (QED) is 0.897. The van der Waals surface area contributed by atoms with Gasteiger partial charge in [0.25, 0.3) is 0 Å². The predicted octanol–water partition coefficient (Wildman–Crippen LogP) is 3.56. The number of carboxylic acid groups (broad SMARTS) is 1. The average molecular weight is 281 g/mol. The first-order chi connectivity index (χ1) is 8.98. The second kappa shape index (κ2) is 5.63. The van der Waals surface area contributed by atoms with Gasteiger partial charge in [-0.2, -0.15) is 0 Å². The highest BCUT2D eigenvalue weighted by molar-refractivity contribution is 7.10. The average Bonchev–Trinajstić information content (AvgIpc) is 2.82. The highest BCUT2D eigenvalue weighted by Crippen LogP contribution is 2.36. The molecular weight excluding hydrogens is 258 g/mol. The molecule has 2 atom stereocenters. The molecule has 0 aliphatic carbocycles. The minimum absolute atomic E-state index is 0.338. The molecule has 4 heteroatoms. The van der Waals surface area contributed by atoms with E-state index in [4.69, 9.17) is 0 Å². The summed E-state index contributed by atoms with van der Waals surface area (Å²) in [7, 11) is 0. The minimum atomic E-state index is -0.669. The van der Waals surface area contributed by atoms with Crippen LogP contribution in [0.2, 0.25) is 0 Å². The molecule has 2 rings (SSSR count). The van der Waals surface area contributed by atoms with Crippen LogP contribution in [0.25, 0.3) is 0 Å². The summed E-state index contributed by atoms with van der Waals surface area (Å²) in [5.74, 6) is -0.669. The summed E-state index contributed by atoms with van der Waals surface area (Å²) >= 11 is 1.82. The Labute approximate surface area is 119 Å². The van der Waals surface area contributed by atoms with E-state index in [1.807, 2.05) is 18.3 Å². The Balaban J connectivity index is 2.13. The molecule has 0 spiro atoms. The van der Waals surface area contributed by atoms with Crippen LogP contribution in [0, 0.1) is 5.41 Å². The van der Waals surface area contributed by atoms with Crippen molar-refractivity contribution in [1.29, 1.82) is 0 Å². The number of aliphatic carboxylic acids is 1. The lowest BCUT2D eigenvalue weighted by molar-refractivity contribution is -0.150. The van der Waals surface area contributed by atoms with Crippen LogP contribution in [0.1, 0.15) is 50.1 Å². The smallest absolute Gasteiger partial charge is 0.310 e. The maximum Gasteiger partial charge on any atom is 0.310 e. The number of nitrogens with zero attached hydrogens (tertiary/aromatic N) is 1. The molecule has 0 fully saturated rings. The van der Waals surface area contributed by atoms with Crippen molar-refractivity contribution in [2.75, 3.05) is 13.1 Å². The van der Waals surface area contributed by atoms with E-state index in [0.717, 1.165) is 25.8 Å². The van der Waals surface area contributed by atoms with E-state index in [2.05, 4.69) is 30.2 Å². The van der Waals surface area contributed by atoms with Gasteiger partial charge in [0.05, 0.1) is 5.41 Å². The van der Waals surface area contributed by atoms with Crippen LogP contribution >= 0.6 is 11.3 Å². The molecule has 106 valence electrons. The maximum atomic E-state index is 11.6. The zero-order valence-electron chi connectivity index (χ0n) is 12.0. The Morgan fingerprint density at radius 3 is 3.00 bits per heavy atom. The fraction of sp³-hybridized carbons (Fsp3) is 0.667. The van der Waals surface area contributed by atoms with E-state index in [1.165, 1.54) is 10.4 Å². The van der Waals surface area contributed by atoms with Crippen LogP contribution in [0.3, 0.4) is 0 Å². The number of carbonyl (C=O) groups is 1. The third-order valence-electron chi connectivity index (χ3n) is 4.27. The fourth-order valence-electron chi connectivity index (χ4n) is 3.03. The summed E-state index contributed by atoms with van der Waals surface area (Å²) in [4.78, 5) is 15.4. The molecule has 1 N–H and O–H groups in total. The van der Waals surface area contributed by atoms with E-state index in [1.54, 1.807) is 0 Å². The van der Waals surface area contributed by atoms with Gasteiger partial charge < -0.3 is 5.11 Å². The molecule has 0 saturated carbocycles. The Bertz CT molecular complexity index is 457. The number of hydrogen-bond acceptors (Lipinski definition) is 3. The van der Waals surface area contributed by atoms with Gasteiger partial charge in [0.15, 0.2) is 0 Å². The molecule has 0 radical (unpaired) electrons. The van der Waals surface area contributed by atoms with E-state index in [0.29, 0.717) is 12.6 Å². The summed E-state index contributed by atoms with van der Waals surface area (Å²) in [5.41, 5.74) is 0.761. The number of thiophene rings is 1. The molecule has 1 aromatic rings. The molecule has 19 heavy (non-hydrogen) atoms. The summed E-state index contributed by atoms with van der Waals surface area (Å²) in [6.45, 7) is 7.75. The number of fused-ring (bicyclic) bond motifs is 1. The van der Waals surface area contributed by atoms with Gasteiger partial charge in [-0.05, 0) is 43.7 Å². The molecular formula is C15H23NO2S. The molecule has 1 aliphatic rings. The highest BCUT2D eigenvalue weighted by Gasteiger charge is 2.37. The van der Waals surface area contributed by atoms with Crippen LogP contribution in [-0.4, -0.2) is 29.1 Å². The zero-order chi connectivity index (χ0) is 14.0. The van der Waals surface area contributed by atoms with Gasteiger partial charge in [-0.1, -0.05) is 13.3 Å². The zero-order valence-corrected chi connectivity index (χ0v) is 12.8. The van der Waals surface area contributed by atoms with Gasteiger partial charge in [-0.25, -0.2) is 0 Å². The lowest BCUT2D eigenvalue weighted by Crippen LogP contribution is -2.44. The van der Waals surface area contributed by atoms with Gasteiger partial charge in [0.1, 0.15) is 0 Å². The molecule has 3 nitrogen and oxygen atoms in total. The highest BCUT2D eigenvalue weighted by atomic mass is 32.1. The molecule has 1 aliphatic heterocycles. The summed E-state index contributed by atoms with van der Waals surface area (Å²) in [5, 5.41) is 11.7. The third-order valence-corrected chi connectivity index (χ3v) is 5.27. The van der Waals surface area contributed by atoms with Crippen LogP contribution in [0.5, 0.6) is 0 Å². The normalized spacial score (nSPS) is 22.8. The monoisotopic (exact) mass is 281 g/mol. The second-order valence-corrected chi connectivity index (χ2v) is 6.81. The van der Waals surface area contributed by atoms with E-state index >= 15 is 0 Å². The lowest BCUT2D eigenvalue weighted by Gasteiger charge is -2.38. The van der Waals surface area contributed by atoms with Gasteiger partial charge in [0, 0.05) is 24.0 Å². The van der Waals surface area contributed by atoms with Gasteiger partial charge in [-0.3, -0.25) is 9.69 Å². The van der Waals surface area contributed by atoms with Gasteiger partial charge in [0.2, 0.25) is 0 Å². The maximum absolute atomic E-state index is 11.6. The minimum Gasteiger partial charge on any atom is -0.481 e. The molecule has 0 bridgehead atoms. The van der Waals surface area contributed by atoms with Crippen molar-refractivity contribution in [1.82, 2.24) is 4.90 Å². The van der Waals surface area contributed by atoms with Crippen molar-refractivity contribution >= 4 is 17.3 Å². The standard InChI is InChI=1S/C15H23NO2S/c1-4-7-15(3,14(17)18)10-16-8-5-13-12(11(16)2)6-9-19-13/h6,9,11H,4-5,7-8,10H2,1-3H3,(H,17,18). The lowest BCUT2D eigenvalue weighted by atomic mass is 9.84. The summed E-state index contributed by atoms with van der Waals surface area (Å²) in [6.07, 6.45) is 2.70. The number of carboxylic acids is 1. The van der Waals surface area contributed by atoms with Crippen molar-refractivity contribution in [2.24, 2.45) is 5.41 Å². The van der Waals surface area contributed by atoms with Crippen molar-refractivity contribution in [3.05, 3.63) is 21.9 Å². The van der Waals surface area contributed by atoms with E-state index in [9.17, 15) is 9.90 Å². The Morgan fingerprint density at radius 1 is 1.63 bits per heavy atom. The van der Waals surface area contributed by atoms with Crippen LogP contribution < -0.4 is 0 Å². The summed E-state index contributed by atoms with van der Waals surface area (Å²) < 4.78 is 0. The molecule has 1 aromatic heterocycles. The molecule has 0 saturated heterocycles. The number of hydrogen-bond donors (Lipinski definition) is 1. The first-order valence-electron chi connectivity index (χ1n) is 7.01. The molecule has 0 amide bonds. The Morgan fingerprint density at radius 2 is 2.37 bits per heavy atom. The Hall–Kier alpha value is -0.870. The second-order valence-electron chi connectivity index (χ2n) is 5.81. The largest absolute Gasteiger partial charge is 0.481 e. The van der Waals surface area contributed by atoms with E-state index < -0.39 is 11.4 Å². The van der Waals surface area contributed by atoms with Crippen LogP contribution in [0.15, 0.2) is 11.4 Å². The van der Waals surface area contributed by atoms with Gasteiger partial charge in [-0.15, -0.1) is 11.3 Å². The van der Waals surface area contributed by atoms with Crippen molar-refractivity contribution < 1.29 is 9.90 Å². The first kappa shape index (κ1) is 14.5.